The van der Waals surface area contributed by atoms with E-state index in [-0.39, 0.29) is 11.9 Å². The lowest BCUT2D eigenvalue weighted by Gasteiger charge is -2.33. The van der Waals surface area contributed by atoms with E-state index >= 15 is 0 Å². The van der Waals surface area contributed by atoms with Gasteiger partial charge in [-0.25, -0.2) is 0 Å². The highest BCUT2D eigenvalue weighted by atomic mass is 16.5. The Hall–Kier alpha value is -2.44. The Kier molecular flexibility index (Phi) is 7.01. The van der Waals surface area contributed by atoms with Crippen molar-refractivity contribution in [2.45, 2.75) is 19.3 Å². The number of aliphatic imine (C=N–C) groups is 1. The topological polar surface area (TPSA) is 66.4 Å². The van der Waals surface area contributed by atoms with Gasteiger partial charge in [-0.05, 0) is 37.3 Å². The molecule has 1 atom stereocenters. The lowest BCUT2D eigenvalue weighted by atomic mass is 9.97. The molecule has 0 radical (unpaired) electrons. The third-order valence-electron chi connectivity index (χ3n) is 5.79. The number of hydrogen-bond acceptors (Lipinski definition) is 5. The Labute approximate surface area is 167 Å². The Balaban J connectivity index is 1.46. The molecule has 2 fully saturated rings. The summed E-state index contributed by atoms with van der Waals surface area (Å²) in [6.45, 7) is 4.66. The van der Waals surface area contributed by atoms with Crippen molar-refractivity contribution < 1.29 is 14.3 Å². The van der Waals surface area contributed by atoms with Crippen LogP contribution in [0.1, 0.15) is 19.3 Å². The number of guanidine groups is 1. The molecule has 154 valence electrons. The van der Waals surface area contributed by atoms with E-state index < -0.39 is 0 Å². The highest BCUT2D eigenvalue weighted by molar-refractivity contribution is 5.80. The van der Waals surface area contributed by atoms with Crippen LogP contribution in [-0.4, -0.2) is 70.8 Å². The number of likely N-dealkylation sites (tertiary alicyclic amines) is 1. The standard InChI is InChI=1S/C21H32N4O3/c1-22-21(24-11-8-17(9-12-24)20(26)28-3)23-14-16-7-10-25(15-16)18-5-4-6-19(13-18)27-2/h4-6,13,16-17H,7-12,14-15H2,1-3H3,(H,22,23). The number of anilines is 1. The summed E-state index contributed by atoms with van der Waals surface area (Å²) >= 11 is 0. The number of nitrogens with zero attached hydrogens (tertiary/aromatic N) is 3. The fraction of sp³-hybridized carbons (Fsp3) is 0.619. The summed E-state index contributed by atoms with van der Waals surface area (Å²) in [6.07, 6.45) is 2.80. The number of nitrogens with one attached hydrogen (secondary N) is 1. The molecule has 3 rings (SSSR count). The highest BCUT2D eigenvalue weighted by Crippen LogP contribution is 2.26. The zero-order chi connectivity index (χ0) is 19.9. The van der Waals surface area contributed by atoms with E-state index in [1.54, 1.807) is 7.11 Å². The van der Waals surface area contributed by atoms with Gasteiger partial charge in [0.05, 0.1) is 20.1 Å². The van der Waals surface area contributed by atoms with Crippen LogP contribution in [0.15, 0.2) is 29.3 Å². The molecule has 1 N–H and O–H groups in total. The van der Waals surface area contributed by atoms with Crippen molar-refractivity contribution in [3.8, 4) is 5.75 Å². The molecule has 1 aromatic rings. The van der Waals surface area contributed by atoms with Crippen molar-refractivity contribution >= 4 is 17.6 Å². The molecule has 0 aliphatic carbocycles. The first-order chi connectivity index (χ1) is 13.6. The number of piperidine rings is 1. The monoisotopic (exact) mass is 388 g/mol. The quantitative estimate of drug-likeness (QED) is 0.473. The number of carbonyl (C=O) groups is 1. The van der Waals surface area contributed by atoms with Crippen molar-refractivity contribution in [2.75, 3.05) is 58.9 Å². The molecule has 7 nitrogen and oxygen atoms in total. The second-order valence-corrected chi connectivity index (χ2v) is 7.51. The molecule has 2 heterocycles. The lowest BCUT2D eigenvalue weighted by molar-refractivity contribution is -0.146. The van der Waals surface area contributed by atoms with Gasteiger partial charge >= 0.3 is 5.97 Å². The zero-order valence-corrected chi connectivity index (χ0v) is 17.2. The smallest absolute Gasteiger partial charge is 0.308 e. The van der Waals surface area contributed by atoms with Gasteiger partial charge in [0.25, 0.3) is 0 Å². The van der Waals surface area contributed by atoms with Gasteiger partial charge in [-0.3, -0.25) is 9.79 Å². The average Bonchev–Trinajstić information content (AvgIpc) is 3.23. The Bertz CT molecular complexity index is 686. The average molecular weight is 389 g/mol. The molecule has 0 saturated carbocycles. The van der Waals surface area contributed by atoms with E-state index in [4.69, 9.17) is 9.47 Å². The van der Waals surface area contributed by atoms with Crippen molar-refractivity contribution in [3.63, 3.8) is 0 Å². The number of methoxy groups -OCH3 is 2. The van der Waals surface area contributed by atoms with Gasteiger partial charge in [0.1, 0.15) is 5.75 Å². The number of benzene rings is 1. The van der Waals surface area contributed by atoms with Gasteiger partial charge in [0.15, 0.2) is 5.96 Å². The molecule has 28 heavy (non-hydrogen) atoms. The summed E-state index contributed by atoms with van der Waals surface area (Å²) in [5.41, 5.74) is 1.22. The van der Waals surface area contributed by atoms with Gasteiger partial charge in [-0.2, -0.15) is 0 Å². The first kappa shape index (κ1) is 20.3. The van der Waals surface area contributed by atoms with Crippen LogP contribution in [0.5, 0.6) is 5.75 Å². The highest BCUT2D eigenvalue weighted by Gasteiger charge is 2.28. The number of hydrogen-bond donors (Lipinski definition) is 1. The summed E-state index contributed by atoms with van der Waals surface area (Å²) in [5, 5.41) is 3.54. The molecule has 1 aromatic carbocycles. The molecule has 2 aliphatic heterocycles. The first-order valence-corrected chi connectivity index (χ1v) is 10.1. The summed E-state index contributed by atoms with van der Waals surface area (Å²) in [7, 11) is 4.99. The minimum absolute atomic E-state index is 0.0191. The Morgan fingerprint density at radius 3 is 2.68 bits per heavy atom. The summed E-state index contributed by atoms with van der Waals surface area (Å²) in [5.74, 6) is 2.34. The maximum absolute atomic E-state index is 11.7. The summed E-state index contributed by atoms with van der Waals surface area (Å²) in [4.78, 5) is 20.8. The summed E-state index contributed by atoms with van der Waals surface area (Å²) < 4.78 is 10.2. The van der Waals surface area contributed by atoms with E-state index in [2.05, 4.69) is 32.2 Å². The second-order valence-electron chi connectivity index (χ2n) is 7.51. The fourth-order valence-corrected chi connectivity index (χ4v) is 4.10. The minimum atomic E-state index is -0.0915. The SMILES string of the molecule is CN=C(NCC1CCN(c2cccc(OC)c2)C1)N1CCC(C(=O)OC)CC1. The Morgan fingerprint density at radius 1 is 1.21 bits per heavy atom. The van der Waals surface area contributed by atoms with Gasteiger partial charge in [0.2, 0.25) is 0 Å². The predicted molar refractivity (Wildman–Crippen MR) is 111 cm³/mol. The van der Waals surface area contributed by atoms with E-state index in [1.807, 2.05) is 19.2 Å². The molecule has 7 heteroatoms. The molecular formula is C21H32N4O3. The third kappa shape index (κ3) is 4.88. The van der Waals surface area contributed by atoms with Crippen LogP contribution in [0, 0.1) is 11.8 Å². The maximum Gasteiger partial charge on any atom is 0.308 e. The molecule has 1 unspecified atom stereocenters. The Morgan fingerprint density at radius 2 is 2.00 bits per heavy atom. The van der Waals surface area contributed by atoms with Crippen LogP contribution >= 0.6 is 0 Å². The number of carbonyl (C=O) groups excluding carboxylic acids is 1. The summed E-state index contributed by atoms with van der Waals surface area (Å²) in [6, 6.07) is 8.26. The maximum atomic E-state index is 11.7. The van der Waals surface area contributed by atoms with Crippen molar-refractivity contribution in [3.05, 3.63) is 24.3 Å². The first-order valence-electron chi connectivity index (χ1n) is 10.1. The van der Waals surface area contributed by atoms with Crippen LogP contribution < -0.4 is 15.0 Å². The third-order valence-corrected chi connectivity index (χ3v) is 5.79. The van der Waals surface area contributed by atoms with E-state index in [1.165, 1.54) is 12.8 Å². The van der Waals surface area contributed by atoms with Crippen molar-refractivity contribution in [2.24, 2.45) is 16.8 Å². The van der Waals surface area contributed by atoms with Crippen LogP contribution in [0.3, 0.4) is 0 Å². The predicted octanol–water partition coefficient (Wildman–Crippen LogP) is 1.98. The van der Waals surface area contributed by atoms with E-state index in [9.17, 15) is 4.79 Å². The zero-order valence-electron chi connectivity index (χ0n) is 17.2. The number of esters is 1. The number of rotatable bonds is 5. The normalized spacial score (nSPS) is 21.0. The van der Waals surface area contributed by atoms with Crippen LogP contribution in [-0.2, 0) is 9.53 Å². The molecule has 0 amide bonds. The van der Waals surface area contributed by atoms with Gasteiger partial charge in [0, 0.05) is 51.5 Å². The van der Waals surface area contributed by atoms with E-state index in [0.717, 1.165) is 63.7 Å². The van der Waals surface area contributed by atoms with E-state index in [0.29, 0.717) is 5.92 Å². The second kappa shape index (κ2) is 9.66. The van der Waals surface area contributed by atoms with Crippen molar-refractivity contribution in [1.82, 2.24) is 10.2 Å². The van der Waals surface area contributed by atoms with Crippen molar-refractivity contribution in [1.29, 1.82) is 0 Å². The molecule has 0 bridgehead atoms. The molecular weight excluding hydrogens is 356 g/mol. The van der Waals surface area contributed by atoms with Crippen LogP contribution in [0.2, 0.25) is 0 Å². The number of ether oxygens (including phenoxy) is 2. The fourth-order valence-electron chi connectivity index (χ4n) is 4.10. The molecule has 2 aliphatic rings. The van der Waals surface area contributed by atoms with Crippen LogP contribution in [0.25, 0.3) is 0 Å². The van der Waals surface area contributed by atoms with Gasteiger partial charge < -0.3 is 24.6 Å². The van der Waals surface area contributed by atoms with Gasteiger partial charge in [-0.15, -0.1) is 0 Å². The largest absolute Gasteiger partial charge is 0.497 e. The van der Waals surface area contributed by atoms with Gasteiger partial charge in [-0.1, -0.05) is 6.07 Å². The molecule has 0 spiro atoms. The molecule has 0 aromatic heterocycles. The minimum Gasteiger partial charge on any atom is -0.497 e. The lowest BCUT2D eigenvalue weighted by Crippen LogP contribution is -2.47. The molecule has 2 saturated heterocycles. The van der Waals surface area contributed by atoms with Crippen LogP contribution in [0.4, 0.5) is 5.69 Å².